The minimum Gasteiger partial charge on any atom is -0.389 e. The molecule has 0 radical (unpaired) electrons. The van der Waals surface area contributed by atoms with Gasteiger partial charge in [-0.15, -0.1) is 0 Å². The number of likely N-dealkylation sites (N-methyl/N-ethyl adjacent to an activating group) is 1. The topological polar surface area (TPSA) is 52.6 Å². The van der Waals surface area contributed by atoms with Crippen LogP contribution in [-0.2, 0) is 4.79 Å². The molecule has 18 heavy (non-hydrogen) atoms. The van der Waals surface area contributed by atoms with Gasteiger partial charge in [-0.2, -0.15) is 0 Å². The number of anilines is 1. The number of hydrogen-bond acceptors (Lipinski definition) is 3. The van der Waals surface area contributed by atoms with Crippen LogP contribution in [-0.4, -0.2) is 30.6 Å². The van der Waals surface area contributed by atoms with Crippen molar-refractivity contribution in [2.45, 2.75) is 32.9 Å². The van der Waals surface area contributed by atoms with Crippen LogP contribution in [0.3, 0.4) is 0 Å². The Morgan fingerprint density at radius 1 is 1.28 bits per heavy atom. The van der Waals surface area contributed by atoms with E-state index in [0.29, 0.717) is 6.54 Å². The highest BCUT2D eigenvalue weighted by molar-refractivity contribution is 5.81. The molecule has 1 rings (SSSR count). The van der Waals surface area contributed by atoms with E-state index in [0.717, 1.165) is 11.3 Å². The van der Waals surface area contributed by atoms with Crippen molar-refractivity contribution in [3.63, 3.8) is 0 Å². The Hall–Kier alpha value is -1.55. The largest absolute Gasteiger partial charge is 0.389 e. The lowest BCUT2D eigenvalue weighted by Gasteiger charge is -2.20. The molecule has 0 heterocycles. The van der Waals surface area contributed by atoms with Gasteiger partial charge in [0.15, 0.2) is 0 Å². The summed E-state index contributed by atoms with van der Waals surface area (Å²) < 4.78 is 0. The predicted molar refractivity (Wildman–Crippen MR) is 73.6 cm³/mol. The van der Waals surface area contributed by atoms with Crippen LogP contribution >= 0.6 is 0 Å². The molecule has 0 saturated carbocycles. The van der Waals surface area contributed by atoms with Gasteiger partial charge in [0.2, 0.25) is 5.91 Å². The molecule has 0 bridgehead atoms. The lowest BCUT2D eigenvalue weighted by atomic mass is 10.1. The highest BCUT2D eigenvalue weighted by Crippen LogP contribution is 2.17. The Morgan fingerprint density at radius 2 is 1.83 bits per heavy atom. The van der Waals surface area contributed by atoms with Crippen LogP contribution in [0.15, 0.2) is 24.3 Å². The molecule has 100 valence electrons. The van der Waals surface area contributed by atoms with Crippen molar-refractivity contribution >= 4 is 11.6 Å². The minimum atomic E-state index is -0.464. The van der Waals surface area contributed by atoms with Crippen LogP contribution in [0.5, 0.6) is 0 Å². The molecular formula is C14H22N2O2. The number of hydrogen-bond donors (Lipinski definition) is 2. The quantitative estimate of drug-likeness (QED) is 0.836. The molecule has 0 saturated heterocycles. The molecule has 2 N–H and O–H groups in total. The van der Waals surface area contributed by atoms with Gasteiger partial charge in [0, 0.05) is 18.8 Å². The lowest BCUT2D eigenvalue weighted by molar-refractivity contribution is -0.120. The number of nitrogens with one attached hydrogen (secondary N) is 1. The van der Waals surface area contributed by atoms with Crippen molar-refractivity contribution in [3.8, 4) is 0 Å². The number of amides is 1. The molecule has 0 aliphatic heterocycles. The first kappa shape index (κ1) is 14.5. The van der Waals surface area contributed by atoms with Crippen LogP contribution in [0.25, 0.3) is 0 Å². The zero-order valence-corrected chi connectivity index (χ0v) is 11.5. The highest BCUT2D eigenvalue weighted by atomic mass is 16.3. The molecule has 4 heteroatoms. The van der Waals surface area contributed by atoms with Gasteiger partial charge in [-0.3, -0.25) is 4.79 Å². The second kappa shape index (κ2) is 6.40. The van der Waals surface area contributed by atoms with Crippen LogP contribution in [0.2, 0.25) is 0 Å². The predicted octanol–water partition coefficient (Wildman–Crippen LogP) is 1.70. The maximum absolute atomic E-state index is 11.6. The minimum absolute atomic E-state index is 0.00658. The SMILES string of the molecule is CC(C)NC(=O)CN(C)c1ccc(C(C)O)cc1. The number of nitrogens with zero attached hydrogens (tertiary/aromatic N) is 1. The van der Waals surface area contributed by atoms with E-state index in [2.05, 4.69) is 5.32 Å². The van der Waals surface area contributed by atoms with E-state index in [9.17, 15) is 9.90 Å². The first-order valence-corrected chi connectivity index (χ1v) is 6.18. The molecular weight excluding hydrogens is 228 g/mol. The molecule has 1 unspecified atom stereocenters. The summed E-state index contributed by atoms with van der Waals surface area (Å²) >= 11 is 0. The van der Waals surface area contributed by atoms with Gasteiger partial charge in [-0.05, 0) is 38.5 Å². The third-order valence-corrected chi connectivity index (χ3v) is 2.65. The van der Waals surface area contributed by atoms with Gasteiger partial charge in [0.05, 0.1) is 12.6 Å². The van der Waals surface area contributed by atoms with Crippen molar-refractivity contribution in [2.75, 3.05) is 18.5 Å². The van der Waals surface area contributed by atoms with E-state index in [1.165, 1.54) is 0 Å². The third-order valence-electron chi connectivity index (χ3n) is 2.65. The Bertz CT molecular complexity index is 385. The van der Waals surface area contributed by atoms with Gasteiger partial charge < -0.3 is 15.3 Å². The molecule has 0 fully saturated rings. The van der Waals surface area contributed by atoms with E-state index < -0.39 is 6.10 Å². The molecule has 1 amide bonds. The molecule has 4 nitrogen and oxygen atoms in total. The van der Waals surface area contributed by atoms with Crippen LogP contribution in [0.1, 0.15) is 32.4 Å². The molecule has 0 aliphatic rings. The van der Waals surface area contributed by atoms with Gasteiger partial charge in [0.25, 0.3) is 0 Å². The Kier molecular flexibility index (Phi) is 5.16. The van der Waals surface area contributed by atoms with Crippen LogP contribution < -0.4 is 10.2 Å². The molecule has 1 aromatic rings. The smallest absolute Gasteiger partial charge is 0.239 e. The van der Waals surface area contributed by atoms with Crippen molar-refractivity contribution in [1.29, 1.82) is 0 Å². The number of aliphatic hydroxyl groups excluding tert-OH is 1. The summed E-state index contributed by atoms with van der Waals surface area (Å²) in [6.07, 6.45) is -0.464. The molecule has 1 atom stereocenters. The van der Waals surface area contributed by atoms with E-state index >= 15 is 0 Å². The lowest BCUT2D eigenvalue weighted by Crippen LogP contribution is -2.38. The summed E-state index contributed by atoms with van der Waals surface area (Å²) in [6.45, 7) is 5.94. The van der Waals surface area contributed by atoms with Crippen molar-refractivity contribution < 1.29 is 9.90 Å². The van der Waals surface area contributed by atoms with Gasteiger partial charge >= 0.3 is 0 Å². The van der Waals surface area contributed by atoms with Crippen molar-refractivity contribution in [1.82, 2.24) is 5.32 Å². The van der Waals surface area contributed by atoms with Crippen molar-refractivity contribution in [2.24, 2.45) is 0 Å². The maximum Gasteiger partial charge on any atom is 0.239 e. The van der Waals surface area contributed by atoms with Gasteiger partial charge in [-0.1, -0.05) is 12.1 Å². The van der Waals surface area contributed by atoms with Crippen LogP contribution in [0.4, 0.5) is 5.69 Å². The fraction of sp³-hybridized carbons (Fsp3) is 0.500. The number of carbonyl (C=O) groups is 1. The zero-order valence-electron chi connectivity index (χ0n) is 11.5. The fourth-order valence-electron chi connectivity index (χ4n) is 1.68. The monoisotopic (exact) mass is 250 g/mol. The normalized spacial score (nSPS) is 12.3. The van der Waals surface area contributed by atoms with Crippen molar-refractivity contribution in [3.05, 3.63) is 29.8 Å². The number of aliphatic hydroxyl groups is 1. The molecule has 0 aromatic heterocycles. The van der Waals surface area contributed by atoms with E-state index in [4.69, 9.17) is 0 Å². The molecule has 0 aliphatic carbocycles. The average Bonchev–Trinajstić information content (AvgIpc) is 2.27. The Balaban J connectivity index is 2.61. The first-order chi connectivity index (χ1) is 8.40. The Labute approximate surface area is 109 Å². The summed E-state index contributed by atoms with van der Waals surface area (Å²) in [5, 5.41) is 12.3. The Morgan fingerprint density at radius 3 is 2.28 bits per heavy atom. The number of rotatable bonds is 5. The van der Waals surface area contributed by atoms with E-state index in [-0.39, 0.29) is 11.9 Å². The average molecular weight is 250 g/mol. The number of carbonyl (C=O) groups excluding carboxylic acids is 1. The fourth-order valence-corrected chi connectivity index (χ4v) is 1.68. The van der Waals surface area contributed by atoms with Gasteiger partial charge in [0.1, 0.15) is 0 Å². The summed E-state index contributed by atoms with van der Waals surface area (Å²) in [7, 11) is 1.87. The summed E-state index contributed by atoms with van der Waals surface area (Å²) in [5.74, 6) is 0.00658. The van der Waals surface area contributed by atoms with Gasteiger partial charge in [-0.25, -0.2) is 0 Å². The van der Waals surface area contributed by atoms with E-state index in [1.807, 2.05) is 50.1 Å². The first-order valence-electron chi connectivity index (χ1n) is 6.18. The maximum atomic E-state index is 11.6. The highest BCUT2D eigenvalue weighted by Gasteiger charge is 2.09. The molecule has 0 spiro atoms. The standard InChI is InChI=1S/C14H22N2O2/c1-10(2)15-14(18)9-16(4)13-7-5-12(6-8-13)11(3)17/h5-8,10-11,17H,9H2,1-4H3,(H,15,18). The summed E-state index contributed by atoms with van der Waals surface area (Å²) in [6, 6.07) is 7.71. The second-order valence-electron chi connectivity index (χ2n) is 4.85. The van der Waals surface area contributed by atoms with Crippen LogP contribution in [0, 0.1) is 0 Å². The summed E-state index contributed by atoms with van der Waals surface area (Å²) in [4.78, 5) is 13.5. The zero-order chi connectivity index (χ0) is 13.7. The second-order valence-corrected chi connectivity index (χ2v) is 4.85. The molecule has 1 aromatic carbocycles. The third kappa shape index (κ3) is 4.37. The summed E-state index contributed by atoms with van der Waals surface area (Å²) in [5.41, 5.74) is 1.83. The van der Waals surface area contributed by atoms with E-state index in [1.54, 1.807) is 6.92 Å². The number of benzene rings is 1.